The van der Waals surface area contributed by atoms with E-state index < -0.39 is 0 Å². The zero-order valence-corrected chi connectivity index (χ0v) is 12.2. The molecule has 0 amide bonds. The Morgan fingerprint density at radius 3 is 2.53 bits per heavy atom. The molecule has 2 rings (SSSR count). The van der Waals surface area contributed by atoms with E-state index in [9.17, 15) is 0 Å². The summed E-state index contributed by atoms with van der Waals surface area (Å²) in [5.41, 5.74) is 1.43. The van der Waals surface area contributed by atoms with Gasteiger partial charge < -0.3 is 4.74 Å². The molecule has 1 fully saturated rings. The summed E-state index contributed by atoms with van der Waals surface area (Å²) < 4.78 is 5.39. The van der Waals surface area contributed by atoms with Crippen LogP contribution in [0.15, 0.2) is 30.3 Å². The van der Waals surface area contributed by atoms with Crippen LogP contribution in [0.5, 0.6) is 0 Å². The SMILES string of the molecule is CCC(c1ccccc1)N(C)CCN1CCOCC1. The average Bonchev–Trinajstić information content (AvgIpc) is 2.48. The first-order valence-electron chi connectivity index (χ1n) is 7.36. The predicted molar refractivity (Wildman–Crippen MR) is 79.4 cm³/mol. The van der Waals surface area contributed by atoms with Gasteiger partial charge in [0.15, 0.2) is 0 Å². The molecule has 1 aliphatic heterocycles. The number of rotatable bonds is 6. The third kappa shape index (κ3) is 4.30. The molecule has 0 bridgehead atoms. The monoisotopic (exact) mass is 262 g/mol. The Morgan fingerprint density at radius 1 is 1.21 bits per heavy atom. The van der Waals surface area contributed by atoms with Crippen molar-refractivity contribution in [3.8, 4) is 0 Å². The molecule has 0 saturated carbocycles. The fourth-order valence-electron chi connectivity index (χ4n) is 2.76. The Labute approximate surface area is 117 Å². The molecule has 0 spiro atoms. The second-order valence-electron chi connectivity index (χ2n) is 5.27. The van der Waals surface area contributed by atoms with Crippen LogP contribution in [0.3, 0.4) is 0 Å². The molecule has 1 aromatic rings. The van der Waals surface area contributed by atoms with Crippen molar-refractivity contribution < 1.29 is 4.74 Å². The van der Waals surface area contributed by atoms with Crippen molar-refractivity contribution >= 4 is 0 Å². The van der Waals surface area contributed by atoms with E-state index in [4.69, 9.17) is 4.74 Å². The van der Waals surface area contributed by atoms with Gasteiger partial charge in [-0.15, -0.1) is 0 Å². The Kier molecular flexibility index (Phi) is 5.83. The Morgan fingerprint density at radius 2 is 1.89 bits per heavy atom. The van der Waals surface area contributed by atoms with Gasteiger partial charge in [0.25, 0.3) is 0 Å². The normalized spacial score (nSPS) is 18.7. The molecular weight excluding hydrogens is 236 g/mol. The summed E-state index contributed by atoms with van der Waals surface area (Å²) in [6, 6.07) is 11.4. The number of morpholine rings is 1. The fraction of sp³-hybridized carbons (Fsp3) is 0.625. The first-order valence-corrected chi connectivity index (χ1v) is 7.36. The second kappa shape index (κ2) is 7.63. The molecule has 1 aromatic carbocycles. The van der Waals surface area contributed by atoms with Gasteiger partial charge >= 0.3 is 0 Å². The molecule has 0 aromatic heterocycles. The van der Waals surface area contributed by atoms with Crippen LogP contribution in [0.2, 0.25) is 0 Å². The summed E-state index contributed by atoms with van der Waals surface area (Å²) in [6.45, 7) is 8.46. The zero-order chi connectivity index (χ0) is 13.5. The minimum Gasteiger partial charge on any atom is -0.379 e. The highest BCUT2D eigenvalue weighted by Crippen LogP contribution is 2.22. The van der Waals surface area contributed by atoms with Gasteiger partial charge in [0, 0.05) is 32.2 Å². The molecule has 19 heavy (non-hydrogen) atoms. The number of likely N-dealkylation sites (N-methyl/N-ethyl adjacent to an activating group) is 1. The molecule has 0 N–H and O–H groups in total. The molecule has 1 unspecified atom stereocenters. The van der Waals surface area contributed by atoms with Gasteiger partial charge in [0.2, 0.25) is 0 Å². The number of hydrogen-bond donors (Lipinski definition) is 0. The number of benzene rings is 1. The molecule has 106 valence electrons. The predicted octanol–water partition coefficient (Wildman–Crippen LogP) is 2.40. The van der Waals surface area contributed by atoms with Crippen molar-refractivity contribution in [2.75, 3.05) is 46.4 Å². The summed E-state index contributed by atoms with van der Waals surface area (Å²) in [4.78, 5) is 4.97. The highest BCUT2D eigenvalue weighted by molar-refractivity contribution is 5.18. The summed E-state index contributed by atoms with van der Waals surface area (Å²) in [7, 11) is 2.24. The summed E-state index contributed by atoms with van der Waals surface area (Å²) >= 11 is 0. The van der Waals surface area contributed by atoms with Crippen LogP contribution in [-0.4, -0.2) is 56.2 Å². The second-order valence-corrected chi connectivity index (χ2v) is 5.27. The highest BCUT2D eigenvalue weighted by atomic mass is 16.5. The summed E-state index contributed by atoms with van der Waals surface area (Å²) in [5.74, 6) is 0. The van der Waals surface area contributed by atoms with Crippen molar-refractivity contribution in [2.24, 2.45) is 0 Å². The van der Waals surface area contributed by atoms with Gasteiger partial charge in [-0.3, -0.25) is 9.80 Å². The van der Waals surface area contributed by atoms with Gasteiger partial charge in [0.1, 0.15) is 0 Å². The fourth-order valence-corrected chi connectivity index (χ4v) is 2.76. The first kappa shape index (κ1) is 14.5. The van der Waals surface area contributed by atoms with Gasteiger partial charge in [-0.1, -0.05) is 37.3 Å². The Hall–Kier alpha value is -0.900. The Balaban J connectivity index is 1.84. The van der Waals surface area contributed by atoms with Crippen molar-refractivity contribution in [3.63, 3.8) is 0 Å². The molecule has 0 aliphatic carbocycles. The largest absolute Gasteiger partial charge is 0.379 e. The van der Waals surface area contributed by atoms with E-state index in [1.54, 1.807) is 0 Å². The lowest BCUT2D eigenvalue weighted by atomic mass is 10.0. The van der Waals surface area contributed by atoms with Crippen molar-refractivity contribution in [1.29, 1.82) is 0 Å². The van der Waals surface area contributed by atoms with E-state index in [2.05, 4.69) is 54.1 Å². The maximum absolute atomic E-state index is 5.39. The molecule has 3 heteroatoms. The molecule has 3 nitrogen and oxygen atoms in total. The van der Waals surface area contributed by atoms with E-state index in [1.807, 2.05) is 0 Å². The quantitative estimate of drug-likeness (QED) is 0.783. The molecule has 0 radical (unpaired) electrons. The molecule has 1 saturated heterocycles. The van der Waals surface area contributed by atoms with E-state index in [0.29, 0.717) is 6.04 Å². The van der Waals surface area contributed by atoms with Crippen LogP contribution in [0.25, 0.3) is 0 Å². The lowest BCUT2D eigenvalue weighted by Gasteiger charge is -2.32. The van der Waals surface area contributed by atoms with Crippen molar-refractivity contribution in [2.45, 2.75) is 19.4 Å². The van der Waals surface area contributed by atoms with E-state index in [0.717, 1.165) is 45.8 Å². The van der Waals surface area contributed by atoms with Crippen LogP contribution in [-0.2, 0) is 4.74 Å². The molecule has 1 heterocycles. The summed E-state index contributed by atoms with van der Waals surface area (Å²) in [5, 5.41) is 0. The standard InChI is InChI=1S/C16H26N2O/c1-3-16(15-7-5-4-6-8-15)17(2)9-10-18-11-13-19-14-12-18/h4-8,16H,3,9-14H2,1-2H3. The average molecular weight is 262 g/mol. The number of hydrogen-bond acceptors (Lipinski definition) is 3. The van der Waals surface area contributed by atoms with Crippen molar-refractivity contribution in [1.82, 2.24) is 9.80 Å². The molecule has 1 aliphatic rings. The van der Waals surface area contributed by atoms with Crippen LogP contribution in [0.4, 0.5) is 0 Å². The minimum absolute atomic E-state index is 0.530. The lowest BCUT2D eigenvalue weighted by molar-refractivity contribution is 0.0324. The maximum Gasteiger partial charge on any atom is 0.0594 e. The third-order valence-electron chi connectivity index (χ3n) is 3.98. The van der Waals surface area contributed by atoms with Gasteiger partial charge in [-0.05, 0) is 19.0 Å². The molecule has 1 atom stereocenters. The van der Waals surface area contributed by atoms with Crippen LogP contribution in [0, 0.1) is 0 Å². The van der Waals surface area contributed by atoms with Gasteiger partial charge in [-0.25, -0.2) is 0 Å². The summed E-state index contributed by atoms with van der Waals surface area (Å²) in [6.07, 6.45) is 1.16. The lowest BCUT2D eigenvalue weighted by Crippen LogP contribution is -2.41. The smallest absolute Gasteiger partial charge is 0.0594 e. The van der Waals surface area contributed by atoms with Gasteiger partial charge in [-0.2, -0.15) is 0 Å². The minimum atomic E-state index is 0.530. The van der Waals surface area contributed by atoms with E-state index in [1.165, 1.54) is 5.56 Å². The topological polar surface area (TPSA) is 15.7 Å². The number of ether oxygens (including phenoxy) is 1. The van der Waals surface area contributed by atoms with Crippen molar-refractivity contribution in [3.05, 3.63) is 35.9 Å². The maximum atomic E-state index is 5.39. The number of nitrogens with zero attached hydrogens (tertiary/aromatic N) is 2. The van der Waals surface area contributed by atoms with E-state index in [-0.39, 0.29) is 0 Å². The van der Waals surface area contributed by atoms with Crippen LogP contribution in [0.1, 0.15) is 24.9 Å². The zero-order valence-electron chi connectivity index (χ0n) is 12.2. The molecular formula is C16H26N2O. The first-order chi connectivity index (χ1) is 9.31. The van der Waals surface area contributed by atoms with Crippen LogP contribution >= 0.6 is 0 Å². The van der Waals surface area contributed by atoms with Crippen LogP contribution < -0.4 is 0 Å². The van der Waals surface area contributed by atoms with Gasteiger partial charge in [0.05, 0.1) is 13.2 Å². The highest BCUT2D eigenvalue weighted by Gasteiger charge is 2.16. The third-order valence-corrected chi connectivity index (χ3v) is 3.98. The Bertz CT molecular complexity index is 349. The van der Waals surface area contributed by atoms with E-state index >= 15 is 0 Å².